The zero-order chi connectivity index (χ0) is 8.10. The van der Waals surface area contributed by atoms with E-state index in [1.807, 2.05) is 25.4 Å². The third-order valence-electron chi connectivity index (χ3n) is 1.67. The number of ether oxygens (including phenoxy) is 1. The quantitative estimate of drug-likeness (QED) is 0.610. The molecule has 0 aliphatic carbocycles. The van der Waals surface area contributed by atoms with Crippen molar-refractivity contribution in [1.29, 1.82) is 0 Å². The highest BCUT2D eigenvalue weighted by atomic mass is 16.5. The SMILES string of the molecule is CNC1=CC=CNC1COC. The van der Waals surface area contributed by atoms with E-state index < -0.39 is 0 Å². The van der Waals surface area contributed by atoms with E-state index in [0.717, 1.165) is 5.70 Å². The molecule has 0 amide bonds. The molecule has 0 radical (unpaired) electrons. The molecule has 0 aromatic heterocycles. The normalized spacial score (nSPS) is 22.4. The van der Waals surface area contributed by atoms with Gasteiger partial charge >= 0.3 is 0 Å². The van der Waals surface area contributed by atoms with Gasteiger partial charge in [-0.1, -0.05) is 0 Å². The Kier molecular flexibility index (Phi) is 2.98. The van der Waals surface area contributed by atoms with Crippen molar-refractivity contribution in [2.45, 2.75) is 6.04 Å². The molecule has 0 saturated heterocycles. The van der Waals surface area contributed by atoms with Crippen LogP contribution in [0, 0.1) is 0 Å². The molecule has 62 valence electrons. The van der Waals surface area contributed by atoms with E-state index in [1.54, 1.807) is 7.11 Å². The van der Waals surface area contributed by atoms with E-state index in [0.29, 0.717) is 6.61 Å². The zero-order valence-corrected chi connectivity index (χ0v) is 6.92. The summed E-state index contributed by atoms with van der Waals surface area (Å²) in [6.07, 6.45) is 5.93. The summed E-state index contributed by atoms with van der Waals surface area (Å²) in [6.45, 7) is 0.691. The molecule has 1 aliphatic heterocycles. The maximum absolute atomic E-state index is 5.04. The van der Waals surface area contributed by atoms with Gasteiger partial charge in [-0.15, -0.1) is 0 Å². The van der Waals surface area contributed by atoms with Crippen LogP contribution in [-0.2, 0) is 4.74 Å². The summed E-state index contributed by atoms with van der Waals surface area (Å²) >= 11 is 0. The molecule has 0 bridgehead atoms. The first-order valence-corrected chi connectivity index (χ1v) is 3.68. The highest BCUT2D eigenvalue weighted by molar-refractivity contribution is 5.21. The van der Waals surface area contributed by atoms with E-state index in [2.05, 4.69) is 10.6 Å². The number of allylic oxidation sites excluding steroid dienone is 2. The van der Waals surface area contributed by atoms with Gasteiger partial charge in [0, 0.05) is 19.9 Å². The van der Waals surface area contributed by atoms with Gasteiger partial charge in [0.25, 0.3) is 0 Å². The summed E-state index contributed by atoms with van der Waals surface area (Å²) in [5.41, 5.74) is 1.16. The van der Waals surface area contributed by atoms with Crippen molar-refractivity contribution < 1.29 is 4.74 Å². The van der Waals surface area contributed by atoms with Crippen molar-refractivity contribution in [3.05, 3.63) is 24.0 Å². The minimum Gasteiger partial charge on any atom is -0.390 e. The molecule has 1 rings (SSSR count). The first-order valence-electron chi connectivity index (χ1n) is 3.68. The second-order valence-electron chi connectivity index (χ2n) is 2.41. The van der Waals surface area contributed by atoms with Crippen molar-refractivity contribution in [3.8, 4) is 0 Å². The van der Waals surface area contributed by atoms with Crippen molar-refractivity contribution in [2.24, 2.45) is 0 Å². The van der Waals surface area contributed by atoms with Crippen molar-refractivity contribution in [1.82, 2.24) is 10.6 Å². The molecule has 0 saturated carbocycles. The fourth-order valence-corrected chi connectivity index (χ4v) is 1.09. The summed E-state index contributed by atoms with van der Waals surface area (Å²) < 4.78 is 5.04. The predicted molar refractivity (Wildman–Crippen MR) is 45.1 cm³/mol. The van der Waals surface area contributed by atoms with Gasteiger partial charge in [0.2, 0.25) is 0 Å². The smallest absolute Gasteiger partial charge is 0.0890 e. The molecule has 3 heteroatoms. The van der Waals surface area contributed by atoms with Gasteiger partial charge in [-0.25, -0.2) is 0 Å². The number of rotatable bonds is 3. The Morgan fingerprint density at radius 3 is 3.18 bits per heavy atom. The Morgan fingerprint density at radius 2 is 2.55 bits per heavy atom. The Labute approximate surface area is 67.1 Å². The first-order chi connectivity index (χ1) is 5.38. The fourth-order valence-electron chi connectivity index (χ4n) is 1.09. The number of hydrogen-bond donors (Lipinski definition) is 2. The van der Waals surface area contributed by atoms with Gasteiger partial charge in [0.1, 0.15) is 0 Å². The zero-order valence-electron chi connectivity index (χ0n) is 6.92. The second-order valence-corrected chi connectivity index (χ2v) is 2.41. The molecule has 1 aliphatic rings. The fraction of sp³-hybridized carbons (Fsp3) is 0.500. The molecular weight excluding hydrogens is 140 g/mol. The largest absolute Gasteiger partial charge is 0.390 e. The number of dihydropyridines is 1. The van der Waals surface area contributed by atoms with E-state index in [-0.39, 0.29) is 6.04 Å². The van der Waals surface area contributed by atoms with Crippen LogP contribution in [0.5, 0.6) is 0 Å². The van der Waals surface area contributed by atoms with Crippen LogP contribution >= 0.6 is 0 Å². The second kappa shape index (κ2) is 4.03. The van der Waals surface area contributed by atoms with Crippen LogP contribution in [-0.4, -0.2) is 26.8 Å². The predicted octanol–water partition coefficient (Wildman–Crippen LogP) is 0.222. The van der Waals surface area contributed by atoms with E-state index in [1.165, 1.54) is 0 Å². The van der Waals surface area contributed by atoms with E-state index in [9.17, 15) is 0 Å². The molecule has 0 aromatic carbocycles. The summed E-state index contributed by atoms with van der Waals surface area (Å²) in [5.74, 6) is 0. The number of likely N-dealkylation sites (N-methyl/N-ethyl adjacent to an activating group) is 1. The molecule has 1 atom stereocenters. The van der Waals surface area contributed by atoms with Gasteiger partial charge in [-0.05, 0) is 18.4 Å². The van der Waals surface area contributed by atoms with E-state index >= 15 is 0 Å². The number of nitrogens with one attached hydrogen (secondary N) is 2. The highest BCUT2D eigenvalue weighted by Gasteiger charge is 2.11. The van der Waals surface area contributed by atoms with Crippen molar-refractivity contribution in [3.63, 3.8) is 0 Å². The van der Waals surface area contributed by atoms with Crippen LogP contribution in [0.4, 0.5) is 0 Å². The Morgan fingerprint density at radius 1 is 1.73 bits per heavy atom. The molecule has 0 fully saturated rings. The van der Waals surface area contributed by atoms with Crippen LogP contribution in [0.15, 0.2) is 24.0 Å². The van der Waals surface area contributed by atoms with Gasteiger partial charge in [-0.3, -0.25) is 0 Å². The lowest BCUT2D eigenvalue weighted by molar-refractivity contribution is 0.179. The molecule has 3 nitrogen and oxygen atoms in total. The summed E-state index contributed by atoms with van der Waals surface area (Å²) in [6, 6.07) is 0.273. The van der Waals surface area contributed by atoms with Crippen molar-refractivity contribution in [2.75, 3.05) is 20.8 Å². The maximum atomic E-state index is 5.04. The lowest BCUT2D eigenvalue weighted by Gasteiger charge is -2.22. The van der Waals surface area contributed by atoms with Crippen LogP contribution in [0.2, 0.25) is 0 Å². The van der Waals surface area contributed by atoms with Crippen LogP contribution in [0.1, 0.15) is 0 Å². The molecule has 2 N–H and O–H groups in total. The molecule has 0 aromatic rings. The number of methoxy groups -OCH3 is 1. The average Bonchev–Trinajstić information content (AvgIpc) is 2.06. The summed E-state index contributed by atoms with van der Waals surface area (Å²) in [4.78, 5) is 0. The van der Waals surface area contributed by atoms with Gasteiger partial charge < -0.3 is 15.4 Å². The summed E-state index contributed by atoms with van der Waals surface area (Å²) in [5, 5.41) is 6.29. The van der Waals surface area contributed by atoms with E-state index in [4.69, 9.17) is 4.74 Å². The van der Waals surface area contributed by atoms with Gasteiger partial charge in [0.05, 0.1) is 12.6 Å². The van der Waals surface area contributed by atoms with Gasteiger partial charge in [0.15, 0.2) is 0 Å². The first kappa shape index (κ1) is 8.14. The number of hydrogen-bond acceptors (Lipinski definition) is 3. The third kappa shape index (κ3) is 1.98. The summed E-state index contributed by atoms with van der Waals surface area (Å²) in [7, 11) is 3.61. The molecule has 1 heterocycles. The minimum absolute atomic E-state index is 0.273. The Hall–Kier alpha value is -0.960. The average molecular weight is 154 g/mol. The van der Waals surface area contributed by atoms with Gasteiger partial charge in [-0.2, -0.15) is 0 Å². The monoisotopic (exact) mass is 154 g/mol. The lowest BCUT2D eigenvalue weighted by Crippen LogP contribution is -2.37. The molecule has 1 unspecified atom stereocenters. The third-order valence-corrected chi connectivity index (χ3v) is 1.67. The van der Waals surface area contributed by atoms with Crippen molar-refractivity contribution >= 4 is 0 Å². The van der Waals surface area contributed by atoms with Crippen LogP contribution in [0.3, 0.4) is 0 Å². The Bertz CT molecular complexity index is 175. The standard InChI is InChI=1S/C8H14N2O/c1-9-7-4-3-5-10-8(7)6-11-2/h3-5,8-10H,6H2,1-2H3. The topological polar surface area (TPSA) is 33.3 Å². The molecule has 0 spiro atoms. The molecular formula is C8H14N2O. The van der Waals surface area contributed by atoms with Crippen LogP contribution in [0.25, 0.3) is 0 Å². The lowest BCUT2D eigenvalue weighted by atomic mass is 10.2. The van der Waals surface area contributed by atoms with Crippen LogP contribution < -0.4 is 10.6 Å². The maximum Gasteiger partial charge on any atom is 0.0890 e. The Balaban J connectivity index is 2.52. The highest BCUT2D eigenvalue weighted by Crippen LogP contribution is 2.03. The molecule has 11 heavy (non-hydrogen) atoms. The minimum atomic E-state index is 0.273.